The van der Waals surface area contributed by atoms with Crippen LogP contribution in [-0.2, 0) is 24.9 Å². The summed E-state index contributed by atoms with van der Waals surface area (Å²) in [5.41, 5.74) is 4.41. The summed E-state index contributed by atoms with van der Waals surface area (Å²) in [6, 6.07) is 28.4. The third-order valence-corrected chi connectivity index (χ3v) is 6.72. The highest BCUT2D eigenvalue weighted by atomic mass is 32.2. The van der Waals surface area contributed by atoms with E-state index >= 15 is 0 Å². The van der Waals surface area contributed by atoms with E-state index in [0.29, 0.717) is 13.1 Å². The minimum Gasteiger partial charge on any atom is -0.333 e. The Bertz CT molecular complexity index is 1170. The quantitative estimate of drug-likeness (QED) is 0.329. The van der Waals surface area contributed by atoms with Crippen LogP contribution in [0, 0.1) is 6.92 Å². The summed E-state index contributed by atoms with van der Waals surface area (Å²) in [4.78, 5) is 15.5. The van der Waals surface area contributed by atoms with Crippen LogP contribution in [0.3, 0.4) is 0 Å². The van der Waals surface area contributed by atoms with Crippen LogP contribution in [0.5, 0.6) is 0 Å². The molecule has 0 saturated heterocycles. The fourth-order valence-corrected chi connectivity index (χ4v) is 4.66. The molecule has 0 bridgehead atoms. The molecule has 0 saturated carbocycles. The summed E-state index contributed by atoms with van der Waals surface area (Å²) in [6.07, 6.45) is 0. The number of benzene rings is 3. The molecule has 4 rings (SSSR count). The first kappa shape index (κ1) is 22.8. The number of amides is 1. The summed E-state index contributed by atoms with van der Waals surface area (Å²) >= 11 is 1.45. The van der Waals surface area contributed by atoms with Gasteiger partial charge in [0.05, 0.1) is 5.25 Å². The first-order valence-corrected chi connectivity index (χ1v) is 11.9. The number of hydrogen-bond acceptors (Lipinski definition) is 4. The largest absolute Gasteiger partial charge is 0.333 e. The molecule has 0 fully saturated rings. The molecule has 1 amide bonds. The summed E-state index contributed by atoms with van der Waals surface area (Å²) < 4.78 is 1.97. The lowest BCUT2D eigenvalue weighted by Gasteiger charge is -2.26. The van der Waals surface area contributed by atoms with E-state index in [2.05, 4.69) is 47.5 Å². The molecule has 0 aliphatic carbocycles. The number of aryl methyl sites for hydroxylation is 1. The predicted octanol–water partition coefficient (Wildman–Crippen LogP) is 5.50. The number of nitrogens with zero attached hydrogens (tertiary/aromatic N) is 4. The molecule has 1 atom stereocenters. The van der Waals surface area contributed by atoms with Crippen molar-refractivity contribution in [3.05, 3.63) is 102 Å². The number of rotatable bonds is 8. The summed E-state index contributed by atoms with van der Waals surface area (Å²) in [5, 5.41) is 9.22. The molecular formula is C27H28N4OS. The zero-order chi connectivity index (χ0) is 23.2. The second kappa shape index (κ2) is 10.5. The molecule has 33 heavy (non-hydrogen) atoms. The number of aromatic nitrogens is 3. The lowest BCUT2D eigenvalue weighted by molar-refractivity contribution is -0.131. The Morgan fingerprint density at radius 3 is 2.00 bits per heavy atom. The minimum atomic E-state index is -0.301. The van der Waals surface area contributed by atoms with E-state index in [1.165, 1.54) is 11.8 Å². The Kier molecular flexibility index (Phi) is 7.25. The molecule has 1 aromatic heterocycles. The Labute approximate surface area is 199 Å². The topological polar surface area (TPSA) is 51.0 Å². The lowest BCUT2D eigenvalue weighted by atomic mass is 10.1. The lowest BCUT2D eigenvalue weighted by Crippen LogP contribution is -2.35. The van der Waals surface area contributed by atoms with Crippen molar-refractivity contribution < 1.29 is 4.79 Å². The molecule has 1 heterocycles. The molecule has 3 aromatic carbocycles. The van der Waals surface area contributed by atoms with Crippen LogP contribution in [0.2, 0.25) is 0 Å². The van der Waals surface area contributed by atoms with E-state index in [-0.39, 0.29) is 11.2 Å². The third-order valence-electron chi connectivity index (χ3n) is 5.60. The highest BCUT2D eigenvalue weighted by molar-refractivity contribution is 8.00. The van der Waals surface area contributed by atoms with Crippen LogP contribution < -0.4 is 0 Å². The van der Waals surface area contributed by atoms with Gasteiger partial charge in [-0.3, -0.25) is 4.79 Å². The van der Waals surface area contributed by atoms with Crippen molar-refractivity contribution >= 4 is 17.7 Å². The van der Waals surface area contributed by atoms with E-state index in [1.54, 1.807) is 0 Å². The highest BCUT2D eigenvalue weighted by Gasteiger charge is 2.25. The first-order chi connectivity index (χ1) is 16.0. The van der Waals surface area contributed by atoms with Gasteiger partial charge in [0.15, 0.2) is 11.0 Å². The van der Waals surface area contributed by atoms with Gasteiger partial charge in [0.2, 0.25) is 5.91 Å². The van der Waals surface area contributed by atoms with Gasteiger partial charge in [-0.1, -0.05) is 96.7 Å². The standard InChI is InChI=1S/C27H28N4OS/c1-20-12-10-11-17-24(20)25-28-29-27(30(25)3)33-21(2)26(32)31(18-22-13-6-4-7-14-22)19-23-15-8-5-9-16-23/h4-17,21H,18-19H2,1-3H3. The normalized spacial score (nSPS) is 11.8. The zero-order valence-electron chi connectivity index (χ0n) is 19.2. The van der Waals surface area contributed by atoms with Gasteiger partial charge in [0, 0.05) is 25.7 Å². The van der Waals surface area contributed by atoms with Crippen molar-refractivity contribution in [1.82, 2.24) is 19.7 Å². The monoisotopic (exact) mass is 456 g/mol. The van der Waals surface area contributed by atoms with Crippen molar-refractivity contribution in [2.24, 2.45) is 7.05 Å². The van der Waals surface area contributed by atoms with Crippen LogP contribution in [0.1, 0.15) is 23.6 Å². The maximum Gasteiger partial charge on any atom is 0.236 e. The van der Waals surface area contributed by atoms with Crippen molar-refractivity contribution in [2.45, 2.75) is 37.3 Å². The van der Waals surface area contributed by atoms with Crippen molar-refractivity contribution in [3.8, 4) is 11.4 Å². The smallest absolute Gasteiger partial charge is 0.236 e. The predicted molar refractivity (Wildman–Crippen MR) is 134 cm³/mol. The third kappa shape index (κ3) is 5.52. The van der Waals surface area contributed by atoms with Gasteiger partial charge in [-0.2, -0.15) is 0 Å². The van der Waals surface area contributed by atoms with Crippen molar-refractivity contribution in [3.63, 3.8) is 0 Å². The Balaban J connectivity index is 1.53. The summed E-state index contributed by atoms with van der Waals surface area (Å²) in [6.45, 7) is 5.13. The first-order valence-electron chi connectivity index (χ1n) is 11.0. The molecule has 4 aromatic rings. The van der Waals surface area contributed by atoms with Gasteiger partial charge in [-0.05, 0) is 30.5 Å². The van der Waals surface area contributed by atoms with Crippen molar-refractivity contribution in [1.29, 1.82) is 0 Å². The van der Waals surface area contributed by atoms with E-state index in [4.69, 9.17) is 0 Å². The SMILES string of the molecule is Cc1ccccc1-c1nnc(SC(C)C(=O)N(Cc2ccccc2)Cc2ccccc2)n1C. The van der Waals surface area contributed by atoms with Crippen LogP contribution >= 0.6 is 11.8 Å². The molecule has 168 valence electrons. The molecule has 1 unspecified atom stereocenters. The summed E-state index contributed by atoms with van der Waals surface area (Å²) in [5.74, 6) is 0.883. The average Bonchev–Trinajstić information content (AvgIpc) is 3.19. The zero-order valence-corrected chi connectivity index (χ0v) is 20.0. The summed E-state index contributed by atoms with van der Waals surface area (Å²) in [7, 11) is 1.95. The van der Waals surface area contributed by atoms with Crippen LogP contribution in [0.25, 0.3) is 11.4 Å². The molecule has 0 radical (unpaired) electrons. The number of thioether (sulfide) groups is 1. The van der Waals surface area contributed by atoms with Crippen LogP contribution in [0.4, 0.5) is 0 Å². The maximum atomic E-state index is 13.5. The van der Waals surface area contributed by atoms with Crippen LogP contribution in [0.15, 0.2) is 90.1 Å². The fraction of sp³-hybridized carbons (Fsp3) is 0.222. The van der Waals surface area contributed by atoms with Gasteiger partial charge in [-0.15, -0.1) is 10.2 Å². The van der Waals surface area contributed by atoms with E-state index in [9.17, 15) is 4.79 Å². The second-order valence-corrected chi connectivity index (χ2v) is 9.41. The minimum absolute atomic E-state index is 0.0770. The van der Waals surface area contributed by atoms with Gasteiger partial charge >= 0.3 is 0 Å². The van der Waals surface area contributed by atoms with Gasteiger partial charge in [0.25, 0.3) is 0 Å². The molecule has 0 spiro atoms. The second-order valence-electron chi connectivity index (χ2n) is 8.11. The van der Waals surface area contributed by atoms with E-state index in [0.717, 1.165) is 33.2 Å². The number of hydrogen-bond donors (Lipinski definition) is 0. The van der Waals surface area contributed by atoms with Crippen LogP contribution in [-0.4, -0.2) is 30.8 Å². The molecule has 0 aliphatic rings. The molecular weight excluding hydrogens is 428 g/mol. The van der Waals surface area contributed by atoms with Gasteiger partial charge in [-0.25, -0.2) is 0 Å². The molecule has 0 N–H and O–H groups in total. The van der Waals surface area contributed by atoms with E-state index < -0.39 is 0 Å². The Morgan fingerprint density at radius 2 is 1.42 bits per heavy atom. The van der Waals surface area contributed by atoms with Crippen molar-refractivity contribution in [2.75, 3.05) is 0 Å². The van der Waals surface area contributed by atoms with Gasteiger partial charge < -0.3 is 9.47 Å². The Morgan fingerprint density at radius 1 is 0.879 bits per heavy atom. The number of carbonyl (C=O) groups excluding carboxylic acids is 1. The average molecular weight is 457 g/mol. The molecule has 6 heteroatoms. The van der Waals surface area contributed by atoms with E-state index in [1.807, 2.05) is 78.0 Å². The molecule has 0 aliphatic heterocycles. The maximum absolute atomic E-state index is 13.5. The molecule has 5 nitrogen and oxygen atoms in total. The fourth-order valence-electron chi connectivity index (χ4n) is 3.76. The number of carbonyl (C=O) groups is 1. The highest BCUT2D eigenvalue weighted by Crippen LogP contribution is 2.28. The van der Waals surface area contributed by atoms with Gasteiger partial charge in [0.1, 0.15) is 0 Å². The Hall–Kier alpha value is -3.38.